The molecule has 0 aromatic rings. The first kappa shape index (κ1) is 12.1. The first-order chi connectivity index (χ1) is 5.39. The molecule has 0 aromatic carbocycles. The van der Waals surface area contributed by atoms with E-state index in [0.29, 0.717) is 0 Å². The van der Waals surface area contributed by atoms with Crippen molar-refractivity contribution >= 4 is 7.60 Å². The van der Waals surface area contributed by atoms with Gasteiger partial charge in [-0.15, -0.1) is 0 Å². The van der Waals surface area contributed by atoms with Crippen molar-refractivity contribution < 1.29 is 23.8 Å². The number of aliphatic hydroxyl groups excluding tert-OH is 2. The van der Waals surface area contributed by atoms with E-state index < -0.39 is 19.8 Å². The van der Waals surface area contributed by atoms with Gasteiger partial charge in [0, 0.05) is 13.8 Å². The van der Waals surface area contributed by atoms with Crippen LogP contribution in [0.1, 0.15) is 6.92 Å². The van der Waals surface area contributed by atoms with Crippen LogP contribution in [0.2, 0.25) is 0 Å². The van der Waals surface area contributed by atoms with Gasteiger partial charge in [-0.3, -0.25) is 4.57 Å². The molecule has 12 heavy (non-hydrogen) atoms. The molecule has 0 fully saturated rings. The topological polar surface area (TPSA) is 76.0 Å². The lowest BCUT2D eigenvalue weighted by Gasteiger charge is -2.16. The van der Waals surface area contributed by atoms with E-state index in [9.17, 15) is 4.57 Å². The summed E-state index contributed by atoms with van der Waals surface area (Å²) in [5.41, 5.74) is 0. The summed E-state index contributed by atoms with van der Waals surface area (Å²) in [5.74, 6) is 0. The SMILES string of the molecule is COP(C)(=O)OCC(O)C(C)O. The van der Waals surface area contributed by atoms with Crippen LogP contribution in [0, 0.1) is 0 Å². The van der Waals surface area contributed by atoms with E-state index in [-0.39, 0.29) is 6.61 Å². The van der Waals surface area contributed by atoms with Crippen LogP contribution in [-0.4, -0.2) is 42.8 Å². The smallest absolute Gasteiger partial charge is 0.327 e. The molecule has 0 aliphatic carbocycles. The van der Waals surface area contributed by atoms with E-state index in [2.05, 4.69) is 4.52 Å². The van der Waals surface area contributed by atoms with Gasteiger partial charge in [-0.05, 0) is 6.92 Å². The second kappa shape index (κ2) is 4.94. The van der Waals surface area contributed by atoms with E-state index in [1.165, 1.54) is 20.7 Å². The molecule has 0 rings (SSSR count). The predicted molar refractivity (Wildman–Crippen MR) is 44.2 cm³/mol. The third-order valence-corrected chi connectivity index (χ3v) is 2.65. The molecule has 2 N–H and O–H groups in total. The van der Waals surface area contributed by atoms with Crippen LogP contribution in [0.5, 0.6) is 0 Å². The van der Waals surface area contributed by atoms with E-state index in [1.807, 2.05) is 0 Å². The predicted octanol–water partition coefficient (Wildman–Crippen LogP) is 0.214. The van der Waals surface area contributed by atoms with Crippen molar-refractivity contribution in [3.05, 3.63) is 0 Å². The van der Waals surface area contributed by atoms with Crippen LogP contribution in [0.25, 0.3) is 0 Å². The Labute approximate surface area is 71.8 Å². The molecule has 0 aliphatic rings. The lowest BCUT2D eigenvalue weighted by Crippen LogP contribution is -2.27. The minimum Gasteiger partial charge on any atom is -0.391 e. The summed E-state index contributed by atoms with van der Waals surface area (Å²) < 4.78 is 20.3. The maximum atomic E-state index is 11.1. The van der Waals surface area contributed by atoms with Gasteiger partial charge in [-0.1, -0.05) is 0 Å². The highest BCUT2D eigenvalue weighted by molar-refractivity contribution is 7.52. The number of hydrogen-bond donors (Lipinski definition) is 2. The molecule has 0 aromatic heterocycles. The van der Waals surface area contributed by atoms with Crippen molar-refractivity contribution in [2.24, 2.45) is 0 Å². The average molecular weight is 198 g/mol. The summed E-state index contributed by atoms with van der Waals surface area (Å²) in [7, 11) is -1.78. The normalized spacial score (nSPS) is 21.4. The Bertz CT molecular complexity index is 169. The largest absolute Gasteiger partial charge is 0.391 e. The van der Waals surface area contributed by atoms with Crippen molar-refractivity contribution in [1.29, 1.82) is 0 Å². The molecule has 0 heterocycles. The van der Waals surface area contributed by atoms with Crippen LogP contribution in [0.15, 0.2) is 0 Å². The molecule has 0 saturated carbocycles. The fourth-order valence-electron chi connectivity index (χ4n) is 0.404. The summed E-state index contributed by atoms with van der Waals surface area (Å²) in [5, 5.41) is 17.9. The Morgan fingerprint density at radius 2 is 2.00 bits per heavy atom. The van der Waals surface area contributed by atoms with Crippen LogP contribution in [-0.2, 0) is 13.6 Å². The molecular formula is C6H15O5P. The van der Waals surface area contributed by atoms with Gasteiger partial charge in [0.1, 0.15) is 6.10 Å². The van der Waals surface area contributed by atoms with E-state index in [4.69, 9.17) is 14.7 Å². The Kier molecular flexibility index (Phi) is 4.97. The zero-order valence-electron chi connectivity index (χ0n) is 7.43. The summed E-state index contributed by atoms with van der Waals surface area (Å²) in [6.45, 7) is 2.52. The van der Waals surface area contributed by atoms with Gasteiger partial charge in [-0.2, -0.15) is 0 Å². The number of hydrogen-bond acceptors (Lipinski definition) is 5. The third-order valence-electron chi connectivity index (χ3n) is 1.37. The van der Waals surface area contributed by atoms with Gasteiger partial charge >= 0.3 is 7.60 Å². The first-order valence-corrected chi connectivity index (χ1v) is 5.52. The molecular weight excluding hydrogens is 183 g/mol. The minimum atomic E-state index is -3.04. The molecule has 5 nitrogen and oxygen atoms in total. The number of rotatable bonds is 5. The number of aliphatic hydroxyl groups is 2. The van der Waals surface area contributed by atoms with Gasteiger partial charge in [0.05, 0.1) is 12.7 Å². The molecule has 74 valence electrons. The van der Waals surface area contributed by atoms with Gasteiger partial charge in [0.25, 0.3) is 0 Å². The second-order valence-corrected chi connectivity index (χ2v) is 4.72. The van der Waals surface area contributed by atoms with Crippen LogP contribution in [0.3, 0.4) is 0 Å². The highest BCUT2D eigenvalue weighted by Gasteiger charge is 2.19. The van der Waals surface area contributed by atoms with Crippen molar-refractivity contribution in [1.82, 2.24) is 0 Å². The minimum absolute atomic E-state index is 0.195. The van der Waals surface area contributed by atoms with Crippen molar-refractivity contribution in [3.8, 4) is 0 Å². The zero-order chi connectivity index (χ0) is 9.78. The van der Waals surface area contributed by atoms with Crippen molar-refractivity contribution in [2.45, 2.75) is 19.1 Å². The van der Waals surface area contributed by atoms with E-state index in [0.717, 1.165) is 0 Å². The molecule has 6 heteroatoms. The molecule has 0 radical (unpaired) electrons. The molecule has 0 bridgehead atoms. The molecule has 0 amide bonds. The highest BCUT2D eigenvalue weighted by Crippen LogP contribution is 2.42. The highest BCUT2D eigenvalue weighted by atomic mass is 31.2. The summed E-state index contributed by atoms with van der Waals surface area (Å²) in [4.78, 5) is 0. The van der Waals surface area contributed by atoms with E-state index >= 15 is 0 Å². The molecule has 3 unspecified atom stereocenters. The summed E-state index contributed by atoms with van der Waals surface area (Å²) >= 11 is 0. The second-order valence-electron chi connectivity index (χ2n) is 2.56. The summed E-state index contributed by atoms with van der Waals surface area (Å²) in [6, 6.07) is 0. The Morgan fingerprint density at radius 3 is 2.33 bits per heavy atom. The van der Waals surface area contributed by atoms with Crippen LogP contribution >= 0.6 is 7.60 Å². The average Bonchev–Trinajstić information content (AvgIpc) is 2.00. The quantitative estimate of drug-likeness (QED) is 0.618. The molecule has 0 saturated heterocycles. The third kappa shape index (κ3) is 4.85. The fraction of sp³-hybridized carbons (Fsp3) is 1.00. The Morgan fingerprint density at radius 1 is 1.50 bits per heavy atom. The van der Waals surface area contributed by atoms with Crippen molar-refractivity contribution in [3.63, 3.8) is 0 Å². The van der Waals surface area contributed by atoms with E-state index in [1.54, 1.807) is 0 Å². The molecule has 0 spiro atoms. The van der Waals surface area contributed by atoms with Gasteiger partial charge in [0.15, 0.2) is 0 Å². The zero-order valence-corrected chi connectivity index (χ0v) is 8.32. The maximum absolute atomic E-state index is 11.1. The molecule has 3 atom stereocenters. The van der Waals surface area contributed by atoms with Gasteiger partial charge in [0.2, 0.25) is 0 Å². The Hall–Kier alpha value is 0.0700. The van der Waals surface area contributed by atoms with Gasteiger partial charge in [-0.25, -0.2) is 0 Å². The lowest BCUT2D eigenvalue weighted by atomic mass is 10.2. The van der Waals surface area contributed by atoms with Crippen LogP contribution < -0.4 is 0 Å². The maximum Gasteiger partial charge on any atom is 0.327 e. The standard InChI is InChI=1S/C6H15O5P/c1-5(7)6(8)4-11-12(3,9)10-2/h5-8H,4H2,1-3H3. The lowest BCUT2D eigenvalue weighted by molar-refractivity contribution is -0.000423. The Balaban J connectivity index is 3.76. The van der Waals surface area contributed by atoms with Gasteiger partial charge < -0.3 is 19.3 Å². The monoisotopic (exact) mass is 198 g/mol. The van der Waals surface area contributed by atoms with Crippen molar-refractivity contribution in [2.75, 3.05) is 20.4 Å². The summed E-state index contributed by atoms with van der Waals surface area (Å²) in [6.07, 6.45) is -1.93. The molecule has 0 aliphatic heterocycles. The fourth-order valence-corrected chi connectivity index (χ4v) is 0.933. The first-order valence-electron chi connectivity index (χ1n) is 3.53. The van der Waals surface area contributed by atoms with Crippen LogP contribution in [0.4, 0.5) is 0 Å².